The Morgan fingerprint density at radius 3 is 2.21 bits per heavy atom. The fourth-order valence-corrected chi connectivity index (χ4v) is 3.88. The van der Waals surface area contributed by atoms with Gasteiger partial charge in [0.1, 0.15) is 11.8 Å². The second-order valence-corrected chi connectivity index (χ2v) is 8.18. The lowest BCUT2D eigenvalue weighted by Crippen LogP contribution is -2.53. The summed E-state index contributed by atoms with van der Waals surface area (Å²) >= 11 is 0. The average Bonchev–Trinajstić information content (AvgIpc) is 2.85. The first-order chi connectivity index (χ1) is 15.9. The van der Waals surface area contributed by atoms with Gasteiger partial charge >= 0.3 is 6.03 Å². The quantitative estimate of drug-likeness (QED) is 0.632. The van der Waals surface area contributed by atoms with Crippen LogP contribution in [0.4, 0.5) is 10.5 Å². The minimum Gasteiger partial charge on any atom is -0.497 e. The number of benzene rings is 2. The number of hydrogen-bond acceptors (Lipinski definition) is 5. The molecule has 0 saturated carbocycles. The average molecular weight is 456 g/mol. The number of anilines is 1. The van der Waals surface area contributed by atoms with E-state index in [4.69, 9.17) is 14.2 Å². The first-order valence-corrected chi connectivity index (χ1v) is 11.1. The van der Waals surface area contributed by atoms with Crippen molar-refractivity contribution in [3.05, 3.63) is 47.5 Å². The van der Waals surface area contributed by atoms with Crippen LogP contribution in [-0.4, -0.2) is 50.8 Å². The Hall–Kier alpha value is -3.42. The smallest absolute Gasteiger partial charge is 0.318 e. The normalized spacial score (nSPS) is 14.5. The van der Waals surface area contributed by atoms with E-state index in [9.17, 15) is 9.59 Å². The third-order valence-electron chi connectivity index (χ3n) is 6.14. The molecule has 3 amide bonds. The fourth-order valence-electron chi connectivity index (χ4n) is 3.88. The van der Waals surface area contributed by atoms with Gasteiger partial charge in [-0.1, -0.05) is 20.3 Å². The molecule has 0 aromatic heterocycles. The largest absolute Gasteiger partial charge is 0.497 e. The predicted octanol–water partition coefficient (Wildman–Crippen LogP) is 3.83. The molecule has 0 saturated heterocycles. The lowest BCUT2D eigenvalue weighted by Gasteiger charge is -2.32. The highest BCUT2D eigenvalue weighted by molar-refractivity contribution is 5.97. The molecule has 0 radical (unpaired) electrons. The molecule has 2 aromatic rings. The number of ether oxygens (including phenoxy) is 3. The summed E-state index contributed by atoms with van der Waals surface area (Å²) in [5.41, 5.74) is 2.79. The number of nitrogens with zero attached hydrogens (tertiary/aromatic N) is 1. The zero-order valence-electron chi connectivity index (χ0n) is 19.9. The van der Waals surface area contributed by atoms with E-state index in [1.54, 1.807) is 50.5 Å². The van der Waals surface area contributed by atoms with E-state index in [1.807, 2.05) is 26.0 Å². The third-order valence-corrected chi connectivity index (χ3v) is 6.14. The monoisotopic (exact) mass is 455 g/mol. The van der Waals surface area contributed by atoms with E-state index in [1.165, 1.54) is 0 Å². The Balaban J connectivity index is 1.70. The molecule has 2 N–H and O–H groups in total. The molecule has 0 unspecified atom stereocenters. The van der Waals surface area contributed by atoms with Gasteiger partial charge in [0.05, 0.1) is 21.3 Å². The molecule has 0 aliphatic carbocycles. The molecule has 2 atom stereocenters. The van der Waals surface area contributed by atoms with E-state index >= 15 is 0 Å². The van der Waals surface area contributed by atoms with E-state index in [2.05, 4.69) is 10.6 Å². The van der Waals surface area contributed by atoms with E-state index in [0.717, 1.165) is 17.5 Å². The van der Waals surface area contributed by atoms with E-state index in [0.29, 0.717) is 42.4 Å². The lowest BCUT2D eigenvalue weighted by atomic mass is 9.97. The summed E-state index contributed by atoms with van der Waals surface area (Å²) in [5.74, 6) is 1.75. The summed E-state index contributed by atoms with van der Waals surface area (Å²) in [6, 6.07) is 10.1. The number of carbonyl (C=O) groups is 2. The SMILES string of the molecule is CC[C@@H](C)[C@@H](NC(=O)N1CCc2cc(OC)c(OC)cc2C1)C(=O)Nc1ccc(OC)cc1. The minimum atomic E-state index is -0.656. The van der Waals surface area contributed by atoms with Crippen LogP contribution in [-0.2, 0) is 17.8 Å². The van der Waals surface area contributed by atoms with Gasteiger partial charge < -0.3 is 29.7 Å². The van der Waals surface area contributed by atoms with Crippen molar-refractivity contribution >= 4 is 17.6 Å². The summed E-state index contributed by atoms with van der Waals surface area (Å²) < 4.78 is 16.0. The van der Waals surface area contributed by atoms with Crippen LogP contribution in [0, 0.1) is 5.92 Å². The predicted molar refractivity (Wildman–Crippen MR) is 127 cm³/mol. The zero-order chi connectivity index (χ0) is 24.0. The maximum Gasteiger partial charge on any atom is 0.318 e. The van der Waals surface area contributed by atoms with Crippen LogP contribution in [0.2, 0.25) is 0 Å². The Kier molecular flexibility index (Phi) is 8.03. The number of methoxy groups -OCH3 is 3. The van der Waals surface area contributed by atoms with Crippen molar-refractivity contribution < 1.29 is 23.8 Å². The van der Waals surface area contributed by atoms with Crippen molar-refractivity contribution in [3.8, 4) is 17.2 Å². The Bertz CT molecular complexity index is 977. The zero-order valence-corrected chi connectivity index (χ0v) is 19.9. The van der Waals surface area contributed by atoms with Crippen LogP contribution in [0.15, 0.2) is 36.4 Å². The molecule has 1 aliphatic heterocycles. The Labute approximate surface area is 195 Å². The number of hydrogen-bond donors (Lipinski definition) is 2. The van der Waals surface area contributed by atoms with E-state index < -0.39 is 6.04 Å². The summed E-state index contributed by atoms with van der Waals surface area (Å²) in [6.07, 6.45) is 1.45. The first kappa shape index (κ1) is 24.2. The van der Waals surface area contributed by atoms with Gasteiger partial charge in [-0.3, -0.25) is 4.79 Å². The molecule has 1 aliphatic rings. The van der Waals surface area contributed by atoms with Gasteiger partial charge in [-0.05, 0) is 59.9 Å². The molecule has 0 bridgehead atoms. The molecular weight excluding hydrogens is 422 g/mol. The second-order valence-electron chi connectivity index (χ2n) is 8.18. The number of fused-ring (bicyclic) bond motifs is 1. The van der Waals surface area contributed by atoms with Crippen molar-refractivity contribution in [1.29, 1.82) is 0 Å². The number of amides is 3. The molecule has 0 fully saturated rings. The Morgan fingerprint density at radius 1 is 1.00 bits per heavy atom. The second kappa shape index (κ2) is 10.9. The number of urea groups is 1. The fraction of sp³-hybridized carbons (Fsp3) is 0.440. The minimum absolute atomic E-state index is 0.0337. The van der Waals surface area contributed by atoms with Crippen molar-refractivity contribution in [2.75, 3.05) is 33.2 Å². The molecular formula is C25H33N3O5. The van der Waals surface area contributed by atoms with Crippen molar-refractivity contribution in [2.45, 2.75) is 39.3 Å². The number of carbonyl (C=O) groups excluding carboxylic acids is 2. The summed E-state index contributed by atoms with van der Waals surface area (Å²) in [5, 5.41) is 5.86. The van der Waals surface area contributed by atoms with Crippen LogP contribution in [0.5, 0.6) is 17.2 Å². The maximum absolute atomic E-state index is 13.1. The van der Waals surface area contributed by atoms with E-state index in [-0.39, 0.29) is 17.9 Å². The summed E-state index contributed by atoms with van der Waals surface area (Å²) in [6.45, 7) is 4.96. The lowest BCUT2D eigenvalue weighted by molar-refractivity contribution is -0.119. The van der Waals surface area contributed by atoms with Crippen LogP contribution in [0.3, 0.4) is 0 Å². The van der Waals surface area contributed by atoms with Gasteiger partial charge in [-0.2, -0.15) is 0 Å². The third kappa shape index (κ3) is 5.69. The van der Waals surface area contributed by atoms with Gasteiger partial charge in [0.25, 0.3) is 0 Å². The molecule has 2 aromatic carbocycles. The van der Waals surface area contributed by atoms with Gasteiger partial charge in [0, 0.05) is 18.8 Å². The van der Waals surface area contributed by atoms with Crippen molar-refractivity contribution in [3.63, 3.8) is 0 Å². The van der Waals surface area contributed by atoms with Gasteiger partial charge in [0.2, 0.25) is 5.91 Å². The van der Waals surface area contributed by atoms with Crippen LogP contribution in [0.25, 0.3) is 0 Å². The van der Waals surface area contributed by atoms with Crippen LogP contribution in [0.1, 0.15) is 31.4 Å². The topological polar surface area (TPSA) is 89.1 Å². The molecule has 178 valence electrons. The summed E-state index contributed by atoms with van der Waals surface area (Å²) in [7, 11) is 4.79. The van der Waals surface area contributed by atoms with Crippen molar-refractivity contribution in [2.24, 2.45) is 5.92 Å². The van der Waals surface area contributed by atoms with Crippen LogP contribution >= 0.6 is 0 Å². The molecule has 8 nitrogen and oxygen atoms in total. The molecule has 8 heteroatoms. The molecule has 33 heavy (non-hydrogen) atoms. The van der Waals surface area contributed by atoms with Gasteiger partial charge in [-0.25, -0.2) is 4.79 Å². The first-order valence-electron chi connectivity index (χ1n) is 11.1. The van der Waals surface area contributed by atoms with Crippen molar-refractivity contribution in [1.82, 2.24) is 10.2 Å². The molecule has 3 rings (SSSR count). The Morgan fingerprint density at radius 2 is 1.64 bits per heavy atom. The highest BCUT2D eigenvalue weighted by Crippen LogP contribution is 2.33. The highest BCUT2D eigenvalue weighted by atomic mass is 16.5. The van der Waals surface area contributed by atoms with Gasteiger partial charge in [0.15, 0.2) is 11.5 Å². The highest BCUT2D eigenvalue weighted by Gasteiger charge is 2.30. The number of nitrogens with one attached hydrogen (secondary N) is 2. The standard InChI is InChI=1S/C25H33N3O5/c1-6-16(2)23(24(29)26-19-7-9-20(31-3)10-8-19)27-25(30)28-12-11-17-13-21(32-4)22(33-5)14-18(17)15-28/h7-10,13-14,16,23H,6,11-12,15H2,1-5H3,(H,26,29)(H,27,30)/t16-,23-/m1/s1. The maximum atomic E-state index is 13.1. The number of rotatable bonds is 8. The van der Waals surface area contributed by atoms with Crippen LogP contribution < -0.4 is 24.8 Å². The molecule has 1 heterocycles. The summed E-state index contributed by atoms with van der Waals surface area (Å²) in [4.78, 5) is 27.9. The van der Waals surface area contributed by atoms with Gasteiger partial charge in [-0.15, -0.1) is 0 Å². The molecule has 0 spiro atoms.